The van der Waals surface area contributed by atoms with Crippen molar-refractivity contribution in [3.05, 3.63) is 62.4 Å². The van der Waals surface area contributed by atoms with Crippen LogP contribution in [0.1, 0.15) is 31.0 Å². The largest absolute Gasteiger partial charge is 0.494 e. The summed E-state index contributed by atoms with van der Waals surface area (Å²) in [5.74, 6) is -1.72. The molecule has 28 heavy (non-hydrogen) atoms. The van der Waals surface area contributed by atoms with E-state index in [1.807, 2.05) is 24.3 Å². The Labute approximate surface area is 159 Å². The van der Waals surface area contributed by atoms with Crippen LogP contribution in [0.4, 0.5) is 0 Å². The Kier molecular flexibility index (Phi) is 5.16. The number of aromatic hydroxyl groups is 1. The number of rotatable bonds is 6. The Bertz CT molecular complexity index is 1170. The van der Waals surface area contributed by atoms with Gasteiger partial charge in [-0.3, -0.25) is 19.3 Å². The van der Waals surface area contributed by atoms with E-state index in [4.69, 9.17) is 0 Å². The summed E-state index contributed by atoms with van der Waals surface area (Å²) in [6.07, 6.45) is 2.82. The minimum absolute atomic E-state index is 0.0956. The van der Waals surface area contributed by atoms with Crippen LogP contribution < -0.4 is 11.2 Å². The van der Waals surface area contributed by atoms with Crippen LogP contribution in [-0.2, 0) is 11.2 Å². The van der Waals surface area contributed by atoms with Crippen LogP contribution in [0.25, 0.3) is 10.9 Å². The first kappa shape index (κ1) is 19.2. The van der Waals surface area contributed by atoms with E-state index in [1.165, 1.54) is 0 Å². The van der Waals surface area contributed by atoms with Crippen molar-refractivity contribution < 1.29 is 15.0 Å². The van der Waals surface area contributed by atoms with Crippen molar-refractivity contribution in [1.82, 2.24) is 14.5 Å². The van der Waals surface area contributed by atoms with Gasteiger partial charge < -0.3 is 15.2 Å². The molecule has 0 radical (unpaired) electrons. The molecule has 2 heterocycles. The number of benzene rings is 1. The Morgan fingerprint density at radius 1 is 1.29 bits per heavy atom. The maximum Gasteiger partial charge on any atom is 0.331 e. The Balaban J connectivity index is 1.97. The lowest BCUT2D eigenvalue weighted by atomic mass is 10.1. The number of H-pyrrole nitrogens is 2. The third-order valence-electron chi connectivity index (χ3n) is 4.43. The number of aliphatic carboxylic acids is 1. The molecule has 2 aromatic heterocycles. The minimum Gasteiger partial charge on any atom is -0.494 e. The Morgan fingerprint density at radius 3 is 2.68 bits per heavy atom. The van der Waals surface area contributed by atoms with E-state index in [2.05, 4.69) is 15.0 Å². The van der Waals surface area contributed by atoms with Gasteiger partial charge in [-0.25, -0.2) is 9.59 Å². The molecule has 3 rings (SSSR count). The second-order valence-electron chi connectivity index (χ2n) is 6.66. The number of carboxylic acid groups (broad SMARTS) is 1. The maximum atomic E-state index is 12.0. The first-order chi connectivity index (χ1) is 13.3. The summed E-state index contributed by atoms with van der Waals surface area (Å²) >= 11 is 0. The Morgan fingerprint density at radius 2 is 2.00 bits per heavy atom. The molecule has 0 amide bonds. The van der Waals surface area contributed by atoms with Gasteiger partial charge in [0.2, 0.25) is 5.88 Å². The highest BCUT2D eigenvalue weighted by Gasteiger charge is 2.20. The highest BCUT2D eigenvalue weighted by atomic mass is 16.4. The van der Waals surface area contributed by atoms with Gasteiger partial charge in [-0.05, 0) is 25.5 Å². The topological polar surface area (TPSA) is 141 Å². The van der Waals surface area contributed by atoms with Crippen molar-refractivity contribution in [3.63, 3.8) is 0 Å². The molecule has 1 aromatic carbocycles. The van der Waals surface area contributed by atoms with E-state index in [-0.39, 0.29) is 12.0 Å². The molecular formula is C19H20N4O5. The zero-order chi connectivity index (χ0) is 20.4. The standard InChI is InChI=1S/C19H20N4O5/c1-10(2)23-17(25)13(16(24)22-19(23)28)9-21-15(18(26)27)7-11-8-20-14-6-4-3-5-12(11)14/h3-6,8-10,15,20,25H,7H2,1-2H3,(H,26,27)(H,22,24,28). The second-order valence-corrected chi connectivity index (χ2v) is 6.66. The van der Waals surface area contributed by atoms with Crippen molar-refractivity contribution in [1.29, 1.82) is 0 Å². The number of carboxylic acids is 1. The minimum atomic E-state index is -1.17. The molecule has 3 aromatic rings. The predicted molar refractivity (Wildman–Crippen MR) is 104 cm³/mol. The summed E-state index contributed by atoms with van der Waals surface area (Å²) in [5.41, 5.74) is -0.199. The molecule has 0 aliphatic heterocycles. The zero-order valence-electron chi connectivity index (χ0n) is 15.3. The van der Waals surface area contributed by atoms with Crippen molar-refractivity contribution in [2.45, 2.75) is 32.4 Å². The molecule has 4 N–H and O–H groups in total. The number of hydrogen-bond donors (Lipinski definition) is 4. The molecule has 0 aliphatic rings. The first-order valence-corrected chi connectivity index (χ1v) is 8.68. The van der Waals surface area contributed by atoms with E-state index >= 15 is 0 Å². The highest BCUT2D eigenvalue weighted by molar-refractivity contribution is 5.87. The predicted octanol–water partition coefficient (Wildman–Crippen LogP) is 1.42. The summed E-state index contributed by atoms with van der Waals surface area (Å²) in [6, 6.07) is 5.90. The van der Waals surface area contributed by atoms with Crippen molar-refractivity contribution in [2.75, 3.05) is 0 Å². The van der Waals surface area contributed by atoms with Crippen molar-refractivity contribution >= 4 is 23.1 Å². The molecule has 0 spiro atoms. The van der Waals surface area contributed by atoms with Crippen LogP contribution in [0.15, 0.2) is 45.0 Å². The van der Waals surface area contributed by atoms with Crippen LogP contribution >= 0.6 is 0 Å². The van der Waals surface area contributed by atoms with Gasteiger partial charge in [0.05, 0.1) is 0 Å². The van der Waals surface area contributed by atoms with Gasteiger partial charge in [0, 0.05) is 35.8 Å². The monoisotopic (exact) mass is 384 g/mol. The fraction of sp³-hybridized carbons (Fsp3) is 0.263. The fourth-order valence-corrected chi connectivity index (χ4v) is 3.02. The third-order valence-corrected chi connectivity index (χ3v) is 4.43. The molecule has 9 nitrogen and oxygen atoms in total. The van der Waals surface area contributed by atoms with Gasteiger partial charge in [0.1, 0.15) is 5.56 Å². The highest BCUT2D eigenvalue weighted by Crippen LogP contribution is 2.20. The molecule has 1 unspecified atom stereocenters. The first-order valence-electron chi connectivity index (χ1n) is 8.68. The maximum absolute atomic E-state index is 12.0. The molecule has 0 saturated heterocycles. The van der Waals surface area contributed by atoms with Crippen molar-refractivity contribution in [2.24, 2.45) is 4.99 Å². The van der Waals surface area contributed by atoms with E-state index in [1.54, 1.807) is 20.0 Å². The third kappa shape index (κ3) is 3.59. The van der Waals surface area contributed by atoms with Gasteiger partial charge in [0.15, 0.2) is 6.04 Å². The van der Waals surface area contributed by atoms with Gasteiger partial charge in [-0.1, -0.05) is 18.2 Å². The number of para-hydroxylation sites is 1. The summed E-state index contributed by atoms with van der Waals surface area (Å²) in [6.45, 7) is 3.33. The van der Waals surface area contributed by atoms with Gasteiger partial charge in [-0.15, -0.1) is 0 Å². The Hall–Kier alpha value is -3.62. The number of carbonyl (C=O) groups is 1. The summed E-state index contributed by atoms with van der Waals surface area (Å²) in [7, 11) is 0. The van der Waals surface area contributed by atoms with Gasteiger partial charge >= 0.3 is 11.7 Å². The SMILES string of the molecule is CC(C)n1c(O)c(C=NC(Cc2c[nH]c3ccccc23)C(=O)O)c(=O)[nH]c1=O. The van der Waals surface area contributed by atoms with Gasteiger partial charge in [-0.2, -0.15) is 0 Å². The summed E-state index contributed by atoms with van der Waals surface area (Å²) < 4.78 is 0.998. The number of fused-ring (bicyclic) bond motifs is 1. The van der Waals surface area contributed by atoms with Gasteiger partial charge in [0.25, 0.3) is 5.56 Å². The molecule has 146 valence electrons. The molecular weight excluding hydrogens is 364 g/mol. The quantitative estimate of drug-likeness (QED) is 0.476. The molecule has 1 atom stereocenters. The lowest BCUT2D eigenvalue weighted by Gasteiger charge is -2.13. The lowest BCUT2D eigenvalue weighted by Crippen LogP contribution is -2.33. The average Bonchev–Trinajstić information content (AvgIpc) is 3.02. The number of aliphatic imine (C=N–C) groups is 1. The fourth-order valence-electron chi connectivity index (χ4n) is 3.02. The number of hydrogen-bond acceptors (Lipinski definition) is 5. The van der Waals surface area contributed by atoms with Crippen molar-refractivity contribution in [3.8, 4) is 5.88 Å². The molecule has 0 saturated carbocycles. The second kappa shape index (κ2) is 7.55. The smallest absolute Gasteiger partial charge is 0.331 e. The van der Waals surface area contributed by atoms with Crippen LogP contribution in [0.5, 0.6) is 5.88 Å². The lowest BCUT2D eigenvalue weighted by molar-refractivity contribution is -0.138. The van der Waals surface area contributed by atoms with Crippen LogP contribution in [0, 0.1) is 0 Å². The number of nitrogens with zero attached hydrogens (tertiary/aromatic N) is 2. The zero-order valence-corrected chi connectivity index (χ0v) is 15.3. The number of aromatic nitrogens is 3. The van der Waals surface area contributed by atoms with Crippen LogP contribution in [0.3, 0.4) is 0 Å². The number of nitrogens with one attached hydrogen (secondary N) is 2. The average molecular weight is 384 g/mol. The number of aromatic amines is 2. The summed E-state index contributed by atoms with van der Waals surface area (Å²) in [4.78, 5) is 44.7. The summed E-state index contributed by atoms with van der Waals surface area (Å²) in [5, 5.41) is 20.7. The molecule has 9 heteroatoms. The van der Waals surface area contributed by atoms with E-state index in [0.717, 1.165) is 27.2 Å². The van der Waals surface area contributed by atoms with E-state index < -0.39 is 35.2 Å². The van der Waals surface area contributed by atoms with E-state index in [0.29, 0.717) is 0 Å². The van der Waals surface area contributed by atoms with Crippen LogP contribution in [0.2, 0.25) is 0 Å². The van der Waals surface area contributed by atoms with E-state index in [9.17, 15) is 24.6 Å². The molecule has 0 bridgehead atoms. The molecule has 0 aliphatic carbocycles. The van der Waals surface area contributed by atoms with Crippen LogP contribution in [-0.4, -0.2) is 43.0 Å². The molecule has 0 fully saturated rings. The normalized spacial score (nSPS) is 12.8.